The lowest BCUT2D eigenvalue weighted by molar-refractivity contribution is 0.0693. The van der Waals surface area contributed by atoms with E-state index in [1.54, 1.807) is 6.92 Å². The normalized spacial score (nSPS) is 12.1. The van der Waals surface area contributed by atoms with Gasteiger partial charge >= 0.3 is 11.9 Å². The average Bonchev–Trinajstić information content (AvgIpc) is 2.27. The molecule has 1 aromatic carbocycles. The van der Waals surface area contributed by atoms with Crippen molar-refractivity contribution in [2.75, 3.05) is 0 Å². The second-order valence-corrected chi connectivity index (χ2v) is 3.88. The first kappa shape index (κ1) is 13.0. The van der Waals surface area contributed by atoms with Gasteiger partial charge < -0.3 is 15.3 Å². The van der Waals surface area contributed by atoms with E-state index in [0.29, 0.717) is 12.0 Å². The van der Waals surface area contributed by atoms with Crippen LogP contribution in [0, 0.1) is 0 Å². The summed E-state index contributed by atoms with van der Waals surface area (Å²) in [4.78, 5) is 21.8. The molecule has 92 valence electrons. The lowest BCUT2D eigenvalue weighted by Crippen LogP contribution is -2.06. The standard InChI is InChI=1S/C12H14O5/c1-3-6(2)8-4-7(11(14)15)5-9(10(8)13)12(16)17/h4-6,13H,3H2,1-2H3,(H,14,15)(H,16,17)/t6-/m1/s1. The number of benzene rings is 1. The summed E-state index contributed by atoms with van der Waals surface area (Å²) in [6.45, 7) is 3.67. The van der Waals surface area contributed by atoms with Gasteiger partial charge in [-0.3, -0.25) is 0 Å². The largest absolute Gasteiger partial charge is 0.507 e. The predicted molar refractivity (Wildman–Crippen MR) is 60.7 cm³/mol. The van der Waals surface area contributed by atoms with Gasteiger partial charge in [-0.15, -0.1) is 0 Å². The minimum Gasteiger partial charge on any atom is -0.507 e. The van der Waals surface area contributed by atoms with Gasteiger partial charge in [-0.1, -0.05) is 13.8 Å². The Morgan fingerprint density at radius 3 is 2.24 bits per heavy atom. The number of aromatic carboxylic acids is 2. The average molecular weight is 238 g/mol. The molecule has 0 aliphatic carbocycles. The first-order valence-electron chi connectivity index (χ1n) is 5.22. The minimum absolute atomic E-state index is 0.104. The summed E-state index contributed by atoms with van der Waals surface area (Å²) in [7, 11) is 0. The Kier molecular flexibility index (Phi) is 3.73. The molecule has 1 aromatic rings. The minimum atomic E-state index is -1.34. The van der Waals surface area contributed by atoms with Gasteiger partial charge in [0.25, 0.3) is 0 Å². The highest BCUT2D eigenvalue weighted by Gasteiger charge is 2.20. The molecular formula is C12H14O5. The van der Waals surface area contributed by atoms with Gasteiger partial charge in [0.1, 0.15) is 11.3 Å². The molecule has 0 fully saturated rings. The highest BCUT2D eigenvalue weighted by Crippen LogP contribution is 2.32. The summed E-state index contributed by atoms with van der Waals surface area (Å²) in [5.41, 5.74) is -0.152. The van der Waals surface area contributed by atoms with Crippen molar-refractivity contribution in [1.29, 1.82) is 0 Å². The summed E-state index contributed by atoms with van der Waals surface area (Å²) in [6.07, 6.45) is 0.676. The maximum absolute atomic E-state index is 10.9. The van der Waals surface area contributed by atoms with Gasteiger partial charge in [-0.2, -0.15) is 0 Å². The van der Waals surface area contributed by atoms with E-state index in [1.165, 1.54) is 6.07 Å². The van der Waals surface area contributed by atoms with E-state index in [0.717, 1.165) is 6.07 Å². The molecule has 3 N–H and O–H groups in total. The van der Waals surface area contributed by atoms with Crippen LogP contribution in [0.25, 0.3) is 0 Å². The molecule has 0 bridgehead atoms. The molecule has 0 unspecified atom stereocenters. The monoisotopic (exact) mass is 238 g/mol. The van der Waals surface area contributed by atoms with E-state index in [4.69, 9.17) is 10.2 Å². The van der Waals surface area contributed by atoms with Gasteiger partial charge in [0, 0.05) is 0 Å². The van der Waals surface area contributed by atoms with E-state index in [1.807, 2.05) is 6.92 Å². The molecule has 0 saturated carbocycles. The maximum Gasteiger partial charge on any atom is 0.339 e. The molecule has 0 amide bonds. The Morgan fingerprint density at radius 1 is 1.24 bits per heavy atom. The van der Waals surface area contributed by atoms with Gasteiger partial charge in [-0.25, -0.2) is 9.59 Å². The van der Waals surface area contributed by atoms with Crippen molar-refractivity contribution in [3.8, 4) is 5.75 Å². The number of carboxylic acids is 2. The van der Waals surface area contributed by atoms with Crippen molar-refractivity contribution in [3.63, 3.8) is 0 Å². The highest BCUT2D eigenvalue weighted by atomic mass is 16.4. The van der Waals surface area contributed by atoms with Crippen LogP contribution in [0.2, 0.25) is 0 Å². The number of phenols is 1. The lowest BCUT2D eigenvalue weighted by Gasteiger charge is -2.14. The zero-order valence-corrected chi connectivity index (χ0v) is 9.60. The molecule has 0 aliphatic rings. The van der Waals surface area contributed by atoms with Crippen LogP contribution in [0.4, 0.5) is 0 Å². The van der Waals surface area contributed by atoms with Crippen LogP contribution in [-0.2, 0) is 0 Å². The molecule has 0 saturated heterocycles. The van der Waals surface area contributed by atoms with Crippen LogP contribution in [-0.4, -0.2) is 27.3 Å². The number of hydrogen-bond acceptors (Lipinski definition) is 3. The second kappa shape index (κ2) is 4.86. The van der Waals surface area contributed by atoms with Crippen molar-refractivity contribution in [2.45, 2.75) is 26.2 Å². The van der Waals surface area contributed by atoms with Crippen molar-refractivity contribution >= 4 is 11.9 Å². The number of hydrogen-bond donors (Lipinski definition) is 3. The van der Waals surface area contributed by atoms with Crippen LogP contribution in [0.5, 0.6) is 5.75 Å². The molecule has 5 heteroatoms. The van der Waals surface area contributed by atoms with Crippen LogP contribution < -0.4 is 0 Å². The van der Waals surface area contributed by atoms with Crippen molar-refractivity contribution < 1.29 is 24.9 Å². The molecule has 0 heterocycles. The van der Waals surface area contributed by atoms with Crippen molar-refractivity contribution in [1.82, 2.24) is 0 Å². The molecule has 0 aliphatic heterocycles. The fourth-order valence-electron chi connectivity index (χ4n) is 1.54. The van der Waals surface area contributed by atoms with Crippen LogP contribution in [0.3, 0.4) is 0 Å². The third-order valence-corrected chi connectivity index (χ3v) is 2.76. The summed E-state index contributed by atoms with van der Waals surface area (Å²) < 4.78 is 0. The quantitative estimate of drug-likeness (QED) is 0.748. The van der Waals surface area contributed by atoms with E-state index in [9.17, 15) is 14.7 Å². The van der Waals surface area contributed by atoms with Crippen LogP contribution >= 0.6 is 0 Å². The van der Waals surface area contributed by atoms with Gasteiger partial charge in [0.05, 0.1) is 5.56 Å². The number of carboxylic acid groups (broad SMARTS) is 2. The first-order chi connectivity index (χ1) is 7.88. The number of rotatable bonds is 4. The van der Waals surface area contributed by atoms with Gasteiger partial charge in [-0.05, 0) is 30.0 Å². The summed E-state index contributed by atoms with van der Waals surface area (Å²) in [6, 6.07) is 2.28. The zero-order valence-electron chi connectivity index (χ0n) is 9.60. The Labute approximate surface area is 98.3 Å². The molecule has 1 atom stereocenters. The zero-order chi connectivity index (χ0) is 13.2. The Morgan fingerprint density at radius 2 is 1.82 bits per heavy atom. The SMILES string of the molecule is CC[C@@H](C)c1cc(C(=O)O)cc(C(=O)O)c1O. The van der Waals surface area contributed by atoms with E-state index >= 15 is 0 Å². The van der Waals surface area contributed by atoms with Gasteiger partial charge in [0.15, 0.2) is 0 Å². The lowest BCUT2D eigenvalue weighted by atomic mass is 9.93. The summed E-state index contributed by atoms with van der Waals surface area (Å²) in [5, 5.41) is 27.6. The number of carbonyl (C=O) groups is 2. The van der Waals surface area contributed by atoms with E-state index in [-0.39, 0.29) is 22.8 Å². The fraction of sp³-hybridized carbons (Fsp3) is 0.333. The van der Waals surface area contributed by atoms with Gasteiger partial charge in [0.2, 0.25) is 0 Å². The molecule has 1 rings (SSSR count). The Hall–Kier alpha value is -2.04. The molecule has 0 aromatic heterocycles. The maximum atomic E-state index is 10.9. The van der Waals surface area contributed by atoms with Crippen molar-refractivity contribution in [2.24, 2.45) is 0 Å². The van der Waals surface area contributed by atoms with E-state index in [2.05, 4.69) is 0 Å². The molecule has 5 nitrogen and oxygen atoms in total. The molecular weight excluding hydrogens is 224 g/mol. The topological polar surface area (TPSA) is 94.8 Å². The third kappa shape index (κ3) is 2.55. The Bertz CT molecular complexity index is 464. The smallest absolute Gasteiger partial charge is 0.339 e. The van der Waals surface area contributed by atoms with Crippen LogP contribution in [0.15, 0.2) is 12.1 Å². The van der Waals surface area contributed by atoms with Crippen LogP contribution in [0.1, 0.15) is 52.5 Å². The summed E-state index contributed by atoms with van der Waals surface area (Å²) in [5.74, 6) is -3.00. The number of aromatic hydroxyl groups is 1. The highest BCUT2D eigenvalue weighted by molar-refractivity contribution is 5.96. The third-order valence-electron chi connectivity index (χ3n) is 2.76. The van der Waals surface area contributed by atoms with Crippen molar-refractivity contribution in [3.05, 3.63) is 28.8 Å². The summed E-state index contributed by atoms with van der Waals surface area (Å²) >= 11 is 0. The molecule has 0 spiro atoms. The Balaban J connectivity index is 3.48. The fourth-order valence-corrected chi connectivity index (χ4v) is 1.54. The predicted octanol–water partition coefficient (Wildman–Crippen LogP) is 2.30. The second-order valence-electron chi connectivity index (χ2n) is 3.88. The molecule has 17 heavy (non-hydrogen) atoms. The first-order valence-corrected chi connectivity index (χ1v) is 5.22. The van der Waals surface area contributed by atoms with E-state index < -0.39 is 11.9 Å². The molecule has 0 radical (unpaired) electrons.